The van der Waals surface area contributed by atoms with Gasteiger partial charge in [-0.05, 0) is 57.2 Å². The van der Waals surface area contributed by atoms with Gasteiger partial charge >= 0.3 is 0 Å². The summed E-state index contributed by atoms with van der Waals surface area (Å²) < 4.78 is 86.3. The van der Waals surface area contributed by atoms with Crippen LogP contribution < -0.4 is 0 Å². The molecule has 7 rings (SSSR count). The topological polar surface area (TPSA) is 111 Å². The number of hydrogen-bond acceptors (Lipinski definition) is 6. The summed E-state index contributed by atoms with van der Waals surface area (Å²) in [6.07, 6.45) is 0. The quantitative estimate of drug-likeness (QED) is 0.411. The van der Waals surface area contributed by atoms with Gasteiger partial charge in [-0.15, -0.1) is 0 Å². The van der Waals surface area contributed by atoms with E-state index in [4.69, 9.17) is 0 Å². The van der Waals surface area contributed by atoms with E-state index in [9.17, 15) is 25.3 Å². The number of sulfonamides is 3. The van der Waals surface area contributed by atoms with Crippen molar-refractivity contribution in [1.82, 2.24) is 12.9 Å². The fourth-order valence-corrected chi connectivity index (χ4v) is 11.7. The van der Waals surface area contributed by atoms with Gasteiger partial charge in [0, 0.05) is 0 Å². The van der Waals surface area contributed by atoms with Crippen LogP contribution in [0, 0.1) is 20.8 Å². The van der Waals surface area contributed by atoms with Crippen molar-refractivity contribution in [2.24, 2.45) is 0 Å². The van der Waals surface area contributed by atoms with E-state index >= 15 is 0 Å². The normalized spacial score (nSPS) is 34.4. The third kappa shape index (κ3) is 3.55. The van der Waals surface area contributed by atoms with Gasteiger partial charge in [-0.3, -0.25) is 0 Å². The zero-order chi connectivity index (χ0) is 27.6. The first-order valence-electron chi connectivity index (χ1n) is 12.7. The first kappa shape index (κ1) is 25.4. The van der Waals surface area contributed by atoms with Gasteiger partial charge in [-0.1, -0.05) is 53.1 Å². The Morgan fingerprint density at radius 3 is 0.744 bits per heavy atom. The second-order valence-corrected chi connectivity index (χ2v) is 16.4. The molecule has 3 aliphatic heterocycles. The van der Waals surface area contributed by atoms with Crippen LogP contribution in [0.2, 0.25) is 0 Å². The first-order valence-corrected chi connectivity index (χ1v) is 17.0. The summed E-state index contributed by atoms with van der Waals surface area (Å²) in [6.45, 7) is 5.58. The third-order valence-corrected chi connectivity index (χ3v) is 14.1. The molecule has 0 unspecified atom stereocenters. The summed E-state index contributed by atoms with van der Waals surface area (Å²) in [5.41, 5.74) is 2.73. The molecule has 0 N–H and O–H groups in total. The Hall–Kier alpha value is -2.61. The minimum Gasteiger partial charge on any atom is -0.207 e. The zero-order valence-electron chi connectivity index (χ0n) is 21.4. The second-order valence-electron chi connectivity index (χ2n) is 10.9. The summed E-state index contributed by atoms with van der Waals surface area (Å²) in [5.74, 6) is 0. The van der Waals surface area contributed by atoms with Crippen LogP contribution in [0.15, 0.2) is 87.5 Å². The summed E-state index contributed by atoms with van der Waals surface area (Å²) in [5, 5.41) is 0. The Morgan fingerprint density at radius 1 is 0.385 bits per heavy atom. The van der Waals surface area contributed by atoms with Crippen molar-refractivity contribution in [3.63, 3.8) is 0 Å². The van der Waals surface area contributed by atoms with Crippen LogP contribution in [0.3, 0.4) is 0 Å². The molecule has 0 aromatic heterocycles. The molecule has 12 heteroatoms. The lowest BCUT2D eigenvalue weighted by atomic mass is 10.0. The fourth-order valence-electron chi connectivity index (χ4n) is 6.31. The van der Waals surface area contributed by atoms with Gasteiger partial charge in [0.2, 0.25) is 30.1 Å². The van der Waals surface area contributed by atoms with E-state index < -0.39 is 66.3 Å². The predicted octanol–water partition coefficient (Wildman–Crippen LogP) is 2.25. The number of hydrogen-bond donors (Lipinski definition) is 0. The van der Waals surface area contributed by atoms with Gasteiger partial charge in [-0.2, -0.15) is 12.9 Å². The Balaban J connectivity index is 1.30. The Morgan fingerprint density at radius 2 is 0.564 bits per heavy atom. The van der Waals surface area contributed by atoms with E-state index in [1.807, 2.05) is 20.8 Å². The maximum atomic E-state index is 13.7. The van der Waals surface area contributed by atoms with Crippen molar-refractivity contribution in [2.75, 3.05) is 0 Å². The van der Waals surface area contributed by atoms with Crippen molar-refractivity contribution >= 4 is 30.1 Å². The lowest BCUT2D eigenvalue weighted by Crippen LogP contribution is -2.22. The molecule has 204 valence electrons. The molecule has 1 saturated carbocycles. The average Bonchev–Trinajstić information content (AvgIpc) is 3.76. The number of rotatable bonds is 6. The van der Waals surface area contributed by atoms with E-state index in [1.165, 1.54) is 49.3 Å². The van der Waals surface area contributed by atoms with Gasteiger partial charge < -0.3 is 0 Å². The SMILES string of the molecule is Cc1ccc(S(=O)(=O)N2C3C4C(C5C(C32)N5S(=O)(=O)c2ccc(C)cc2)N4S(=O)(=O)c2ccc(C)cc2)cc1. The monoisotopic (exact) mass is 585 g/mol. The second kappa shape index (κ2) is 7.99. The number of nitrogens with zero attached hydrogens (tertiary/aromatic N) is 3. The highest BCUT2D eigenvalue weighted by molar-refractivity contribution is 7.90. The fraction of sp³-hybridized carbons (Fsp3) is 0.333. The van der Waals surface area contributed by atoms with Crippen LogP contribution in [0.4, 0.5) is 0 Å². The van der Waals surface area contributed by atoms with Crippen LogP contribution in [-0.2, 0) is 30.1 Å². The lowest BCUT2D eigenvalue weighted by Gasteiger charge is -2.09. The molecule has 3 heterocycles. The molecule has 4 aliphatic rings. The molecular formula is C27H27N3O6S3. The minimum atomic E-state index is -3.97. The molecule has 0 radical (unpaired) electrons. The van der Waals surface area contributed by atoms with Crippen LogP contribution in [0.5, 0.6) is 0 Å². The maximum Gasteiger partial charge on any atom is 0.243 e. The van der Waals surface area contributed by atoms with Gasteiger partial charge in [0.15, 0.2) is 0 Å². The molecule has 9 nitrogen and oxygen atoms in total. The Bertz CT molecular complexity index is 1570. The molecule has 0 bridgehead atoms. The van der Waals surface area contributed by atoms with Gasteiger partial charge in [0.25, 0.3) is 0 Å². The lowest BCUT2D eigenvalue weighted by molar-refractivity contribution is 0.523. The van der Waals surface area contributed by atoms with Crippen molar-refractivity contribution in [3.05, 3.63) is 89.5 Å². The van der Waals surface area contributed by atoms with Crippen LogP contribution in [0.25, 0.3) is 0 Å². The smallest absolute Gasteiger partial charge is 0.207 e. The predicted molar refractivity (Wildman–Crippen MR) is 143 cm³/mol. The van der Waals surface area contributed by atoms with Crippen LogP contribution in [0.1, 0.15) is 16.7 Å². The average molecular weight is 586 g/mol. The molecule has 39 heavy (non-hydrogen) atoms. The molecule has 0 atom stereocenters. The summed E-state index contributed by atoms with van der Waals surface area (Å²) >= 11 is 0. The van der Waals surface area contributed by atoms with Gasteiger partial charge in [0.1, 0.15) is 0 Å². The highest BCUT2D eigenvalue weighted by Gasteiger charge is 2.87. The van der Waals surface area contributed by atoms with Crippen LogP contribution >= 0.6 is 0 Å². The largest absolute Gasteiger partial charge is 0.243 e. The minimum absolute atomic E-state index is 0.109. The highest BCUT2D eigenvalue weighted by atomic mass is 32.2. The molecule has 3 aromatic rings. The molecule has 0 spiro atoms. The van der Waals surface area contributed by atoms with Crippen LogP contribution in [-0.4, -0.2) is 74.4 Å². The Kier molecular flexibility index (Phi) is 5.19. The number of benzene rings is 3. The zero-order valence-corrected chi connectivity index (χ0v) is 23.9. The Labute approximate surface area is 228 Å². The molecular weight excluding hydrogens is 559 g/mol. The standard InChI is InChI=1S/C27H27N3O6S3/c1-16-4-10-19(11-5-16)37(31,32)28-22-23(28)25-27(30(25)39(35,36)21-14-8-18(3)9-15-21)26-24(22)29(26)38(33,34)20-12-6-17(2)7-13-20/h4-15,22-27H,1-3H3. The van der Waals surface area contributed by atoms with E-state index in [2.05, 4.69) is 0 Å². The molecule has 4 fully saturated rings. The number of fused-ring (bicyclic) bond motifs is 6. The van der Waals surface area contributed by atoms with E-state index in [0.29, 0.717) is 0 Å². The number of aryl methyl sites for hydroxylation is 3. The van der Waals surface area contributed by atoms with Gasteiger partial charge in [0.05, 0.1) is 50.9 Å². The van der Waals surface area contributed by atoms with E-state index in [1.54, 1.807) is 36.4 Å². The van der Waals surface area contributed by atoms with E-state index in [-0.39, 0.29) is 14.7 Å². The highest BCUT2D eigenvalue weighted by Crippen LogP contribution is 2.65. The summed E-state index contributed by atoms with van der Waals surface area (Å²) in [4.78, 5) is 0.327. The summed E-state index contributed by atoms with van der Waals surface area (Å²) in [6, 6.07) is 15.7. The van der Waals surface area contributed by atoms with Crippen molar-refractivity contribution in [2.45, 2.75) is 71.7 Å². The third-order valence-electron chi connectivity index (χ3n) is 8.38. The molecule has 1 aliphatic carbocycles. The van der Waals surface area contributed by atoms with Crippen molar-refractivity contribution in [1.29, 1.82) is 0 Å². The van der Waals surface area contributed by atoms with Crippen molar-refractivity contribution in [3.8, 4) is 0 Å². The van der Waals surface area contributed by atoms with E-state index in [0.717, 1.165) is 16.7 Å². The van der Waals surface area contributed by atoms with Gasteiger partial charge in [-0.25, -0.2) is 25.3 Å². The van der Waals surface area contributed by atoms with Crippen molar-refractivity contribution < 1.29 is 25.3 Å². The molecule has 3 saturated heterocycles. The molecule has 0 amide bonds. The maximum absolute atomic E-state index is 13.7. The first-order chi connectivity index (χ1) is 18.4. The summed E-state index contributed by atoms with van der Waals surface area (Å²) in [7, 11) is -11.9. The molecule has 3 aromatic carbocycles.